The Morgan fingerprint density at radius 3 is 2.68 bits per heavy atom. The van der Waals surface area contributed by atoms with Crippen LogP contribution in [0.2, 0.25) is 0 Å². The zero-order valence-electron chi connectivity index (χ0n) is 17.5. The molecule has 4 aromatic rings. The smallest absolute Gasteiger partial charge is 0.254 e. The van der Waals surface area contributed by atoms with Gasteiger partial charge in [-0.2, -0.15) is 0 Å². The number of piperidine rings is 1. The number of H-pyrrole nitrogens is 1. The van der Waals surface area contributed by atoms with Gasteiger partial charge in [-0.25, -0.2) is 9.97 Å². The van der Waals surface area contributed by atoms with Crippen LogP contribution in [0.25, 0.3) is 11.0 Å². The molecule has 31 heavy (non-hydrogen) atoms. The number of para-hydroxylation sites is 2. The predicted molar refractivity (Wildman–Crippen MR) is 123 cm³/mol. The largest absolute Gasteiger partial charge is 0.338 e. The van der Waals surface area contributed by atoms with E-state index in [0.29, 0.717) is 11.8 Å². The highest BCUT2D eigenvalue weighted by Crippen LogP contribution is 2.28. The van der Waals surface area contributed by atoms with Crippen LogP contribution in [0, 0.1) is 6.92 Å². The van der Waals surface area contributed by atoms with Gasteiger partial charge in [0.2, 0.25) is 0 Å². The van der Waals surface area contributed by atoms with E-state index < -0.39 is 0 Å². The van der Waals surface area contributed by atoms with E-state index in [1.165, 1.54) is 5.69 Å². The summed E-state index contributed by atoms with van der Waals surface area (Å²) in [5.74, 6) is 0.827. The number of thioether (sulfide) groups is 1. The quantitative estimate of drug-likeness (QED) is 0.459. The van der Waals surface area contributed by atoms with Crippen molar-refractivity contribution in [3.05, 3.63) is 77.9 Å². The summed E-state index contributed by atoms with van der Waals surface area (Å²) in [6, 6.07) is 16.4. The summed E-state index contributed by atoms with van der Waals surface area (Å²) in [6.07, 6.45) is 5.72. The van der Waals surface area contributed by atoms with E-state index in [-0.39, 0.29) is 5.91 Å². The summed E-state index contributed by atoms with van der Waals surface area (Å²) in [7, 11) is 0. The van der Waals surface area contributed by atoms with Crippen molar-refractivity contribution < 1.29 is 4.79 Å². The molecule has 0 saturated carbocycles. The molecule has 6 nitrogen and oxygen atoms in total. The van der Waals surface area contributed by atoms with Crippen molar-refractivity contribution in [3.8, 4) is 0 Å². The Hall–Kier alpha value is -3.06. The van der Waals surface area contributed by atoms with Crippen LogP contribution in [-0.2, 0) is 5.75 Å². The van der Waals surface area contributed by atoms with Gasteiger partial charge in [0, 0.05) is 42.3 Å². The number of nitrogens with zero attached hydrogens (tertiary/aromatic N) is 4. The van der Waals surface area contributed by atoms with Crippen LogP contribution in [0.3, 0.4) is 0 Å². The van der Waals surface area contributed by atoms with Crippen LogP contribution < -0.4 is 0 Å². The maximum absolute atomic E-state index is 13.3. The normalized spacial score (nSPS) is 14.9. The third-order valence-corrected chi connectivity index (χ3v) is 6.91. The summed E-state index contributed by atoms with van der Waals surface area (Å²) in [6.45, 7) is 3.62. The molecular weight excluding hydrogens is 406 g/mol. The summed E-state index contributed by atoms with van der Waals surface area (Å²) in [5, 5.41) is 0.875. The molecule has 1 aliphatic rings. The van der Waals surface area contributed by atoms with Gasteiger partial charge in [0.15, 0.2) is 5.16 Å². The van der Waals surface area contributed by atoms with Crippen LogP contribution >= 0.6 is 11.8 Å². The van der Waals surface area contributed by atoms with E-state index >= 15 is 0 Å². The van der Waals surface area contributed by atoms with Crippen LogP contribution in [0.1, 0.15) is 40.5 Å². The zero-order valence-corrected chi connectivity index (χ0v) is 18.3. The van der Waals surface area contributed by atoms with Gasteiger partial charge < -0.3 is 14.5 Å². The molecule has 2 aromatic carbocycles. The van der Waals surface area contributed by atoms with Crippen LogP contribution in [0.5, 0.6) is 0 Å². The van der Waals surface area contributed by atoms with Gasteiger partial charge >= 0.3 is 0 Å². The maximum Gasteiger partial charge on any atom is 0.254 e. The van der Waals surface area contributed by atoms with E-state index in [1.54, 1.807) is 11.8 Å². The number of carbonyl (C=O) groups excluding carboxylic acids is 1. The number of benzene rings is 2. The number of carbonyl (C=O) groups is 1. The molecule has 5 rings (SSSR count). The molecule has 0 spiro atoms. The monoisotopic (exact) mass is 431 g/mol. The number of hydrogen-bond acceptors (Lipinski definition) is 4. The summed E-state index contributed by atoms with van der Waals surface area (Å²) < 4.78 is 2.24. The van der Waals surface area contributed by atoms with Gasteiger partial charge in [0.1, 0.15) is 0 Å². The molecule has 0 unspecified atom stereocenters. The number of hydrogen-bond donors (Lipinski definition) is 1. The number of amides is 1. The topological polar surface area (TPSA) is 66.8 Å². The lowest BCUT2D eigenvalue weighted by molar-refractivity contribution is 0.0693. The zero-order chi connectivity index (χ0) is 21.2. The predicted octanol–water partition coefficient (Wildman–Crippen LogP) is 4.84. The minimum Gasteiger partial charge on any atom is -0.338 e. The van der Waals surface area contributed by atoms with Gasteiger partial charge in [-0.1, -0.05) is 42.1 Å². The van der Waals surface area contributed by atoms with E-state index in [4.69, 9.17) is 0 Å². The molecule has 0 radical (unpaired) electrons. The lowest BCUT2D eigenvalue weighted by Gasteiger charge is -2.33. The first-order chi connectivity index (χ1) is 15.2. The van der Waals surface area contributed by atoms with E-state index in [0.717, 1.165) is 53.2 Å². The Bertz CT molecular complexity index is 1170. The van der Waals surface area contributed by atoms with Crippen molar-refractivity contribution >= 4 is 28.7 Å². The Morgan fingerprint density at radius 1 is 1.13 bits per heavy atom. The first-order valence-corrected chi connectivity index (χ1v) is 11.6. The molecular formula is C24H25N5OS. The lowest BCUT2D eigenvalue weighted by Crippen LogP contribution is -2.39. The van der Waals surface area contributed by atoms with Crippen molar-refractivity contribution in [1.82, 2.24) is 24.4 Å². The number of imidazole rings is 2. The minimum atomic E-state index is 0.126. The third-order valence-electron chi connectivity index (χ3n) is 5.98. The highest BCUT2D eigenvalue weighted by atomic mass is 32.2. The second-order valence-electron chi connectivity index (χ2n) is 7.97. The number of fused-ring (bicyclic) bond motifs is 1. The van der Waals surface area contributed by atoms with Crippen LogP contribution in [-0.4, -0.2) is 43.4 Å². The Labute approximate surface area is 185 Å². The number of rotatable bonds is 5. The van der Waals surface area contributed by atoms with Gasteiger partial charge in [-0.05, 0) is 43.5 Å². The van der Waals surface area contributed by atoms with Crippen LogP contribution in [0.15, 0.2) is 66.2 Å². The van der Waals surface area contributed by atoms with Crippen molar-refractivity contribution in [2.75, 3.05) is 13.1 Å². The molecule has 0 atom stereocenters. The fourth-order valence-corrected chi connectivity index (χ4v) is 5.16. The number of aromatic nitrogens is 4. The molecule has 1 aliphatic heterocycles. The average molecular weight is 432 g/mol. The first kappa shape index (κ1) is 19.9. The molecule has 1 N–H and O–H groups in total. The minimum absolute atomic E-state index is 0.126. The Kier molecular flexibility index (Phi) is 5.51. The fourth-order valence-electron chi connectivity index (χ4n) is 4.27. The van der Waals surface area contributed by atoms with Crippen molar-refractivity contribution in [2.24, 2.45) is 0 Å². The maximum atomic E-state index is 13.3. The van der Waals surface area contributed by atoms with Gasteiger partial charge in [0.05, 0.1) is 17.4 Å². The first-order valence-electron chi connectivity index (χ1n) is 10.6. The standard InChI is InChI=1S/C24H25N5OS/c1-17-14-25-16-29(17)19-10-12-28(13-11-19)23(30)20-7-3-2-6-18(20)15-31-24-26-21-8-4-5-9-22(21)27-24/h2-9,14,16,19H,10-13,15H2,1H3,(H,26,27). The molecule has 1 saturated heterocycles. The molecule has 0 bridgehead atoms. The fraction of sp³-hybridized carbons (Fsp3) is 0.292. The molecule has 2 aromatic heterocycles. The third kappa shape index (κ3) is 4.10. The molecule has 3 heterocycles. The van der Waals surface area contributed by atoms with Gasteiger partial charge in [0.25, 0.3) is 5.91 Å². The number of aryl methyl sites for hydroxylation is 1. The average Bonchev–Trinajstić information content (AvgIpc) is 3.43. The highest BCUT2D eigenvalue weighted by molar-refractivity contribution is 7.98. The Morgan fingerprint density at radius 2 is 1.90 bits per heavy atom. The SMILES string of the molecule is Cc1cncn1C1CCN(C(=O)c2ccccc2CSc2nc3ccccc3[nH]2)CC1. The van der Waals surface area contributed by atoms with Crippen molar-refractivity contribution in [1.29, 1.82) is 0 Å². The Balaban J connectivity index is 1.26. The van der Waals surface area contributed by atoms with Crippen molar-refractivity contribution in [2.45, 2.75) is 36.7 Å². The molecule has 1 fully saturated rings. The van der Waals surface area contributed by atoms with Gasteiger partial charge in [-0.3, -0.25) is 4.79 Å². The van der Waals surface area contributed by atoms with Gasteiger partial charge in [-0.15, -0.1) is 0 Å². The second kappa shape index (κ2) is 8.59. The number of aromatic amines is 1. The molecule has 158 valence electrons. The second-order valence-corrected chi connectivity index (χ2v) is 8.93. The van der Waals surface area contributed by atoms with Crippen LogP contribution in [0.4, 0.5) is 0 Å². The summed E-state index contributed by atoms with van der Waals surface area (Å²) >= 11 is 1.63. The number of likely N-dealkylation sites (tertiary alicyclic amines) is 1. The van der Waals surface area contributed by atoms with Crippen molar-refractivity contribution in [3.63, 3.8) is 0 Å². The van der Waals surface area contributed by atoms with E-state index in [2.05, 4.69) is 26.4 Å². The molecule has 0 aliphatic carbocycles. The number of nitrogens with one attached hydrogen (secondary N) is 1. The summed E-state index contributed by atoms with van der Waals surface area (Å²) in [4.78, 5) is 27.5. The highest BCUT2D eigenvalue weighted by Gasteiger charge is 2.26. The molecule has 1 amide bonds. The van der Waals surface area contributed by atoms with E-state index in [9.17, 15) is 4.79 Å². The molecule has 7 heteroatoms. The van der Waals surface area contributed by atoms with E-state index in [1.807, 2.05) is 66.0 Å². The lowest BCUT2D eigenvalue weighted by atomic mass is 10.0. The summed E-state index contributed by atoms with van der Waals surface area (Å²) in [5.41, 5.74) is 5.02.